The lowest BCUT2D eigenvalue weighted by Crippen LogP contribution is -2.14. The predicted molar refractivity (Wildman–Crippen MR) is 94.6 cm³/mol. The first-order valence-corrected chi connectivity index (χ1v) is 8.41. The number of hydrogen-bond donors (Lipinski definition) is 1. The van der Waals surface area contributed by atoms with Crippen LogP contribution in [0.2, 0.25) is 5.02 Å². The molecule has 0 aliphatic rings. The summed E-state index contributed by atoms with van der Waals surface area (Å²) >= 11 is 7.44. The van der Waals surface area contributed by atoms with Crippen LogP contribution >= 0.6 is 22.9 Å². The lowest BCUT2D eigenvalue weighted by molar-refractivity contribution is 0.0999. The van der Waals surface area contributed by atoms with E-state index in [1.807, 2.05) is 40.4 Å². The lowest BCUT2D eigenvalue weighted by atomic mass is 10.2. The lowest BCUT2D eigenvalue weighted by Gasteiger charge is -2.02. The summed E-state index contributed by atoms with van der Waals surface area (Å²) in [5.74, 6) is -0.313. The van der Waals surface area contributed by atoms with Gasteiger partial charge in [0.2, 0.25) is 0 Å². The summed E-state index contributed by atoms with van der Waals surface area (Å²) in [4.78, 5) is 24.6. The summed E-state index contributed by atoms with van der Waals surface area (Å²) in [5.41, 5.74) is 2.03. The molecule has 4 rings (SSSR count). The Morgan fingerprint density at radius 1 is 1.29 bits per heavy atom. The molecule has 0 saturated heterocycles. The molecule has 0 bridgehead atoms. The molecule has 24 heavy (non-hydrogen) atoms. The van der Waals surface area contributed by atoms with Crippen molar-refractivity contribution in [3.05, 3.63) is 75.8 Å². The summed E-state index contributed by atoms with van der Waals surface area (Å²) in [6.07, 6.45) is 5.18. The summed E-state index contributed by atoms with van der Waals surface area (Å²) in [7, 11) is 0. The van der Waals surface area contributed by atoms with Gasteiger partial charge in [0.1, 0.15) is 5.65 Å². The van der Waals surface area contributed by atoms with Crippen molar-refractivity contribution in [3.63, 3.8) is 0 Å². The molecule has 1 aromatic carbocycles. The Hall–Kier alpha value is -2.70. The first kappa shape index (κ1) is 14.9. The summed E-state index contributed by atoms with van der Waals surface area (Å²) in [6.45, 7) is 0. The number of fused-ring (bicyclic) bond motifs is 1. The van der Waals surface area contributed by atoms with E-state index in [0.717, 1.165) is 11.1 Å². The topological polar surface area (TPSA) is 63.0 Å². The fourth-order valence-corrected chi connectivity index (χ4v) is 3.36. The van der Waals surface area contributed by atoms with E-state index in [-0.39, 0.29) is 5.91 Å². The van der Waals surface area contributed by atoms with Crippen molar-refractivity contribution in [2.24, 2.45) is 4.99 Å². The molecule has 0 unspecified atom stereocenters. The van der Waals surface area contributed by atoms with E-state index >= 15 is 0 Å². The van der Waals surface area contributed by atoms with Crippen LogP contribution in [-0.4, -0.2) is 20.4 Å². The van der Waals surface area contributed by atoms with Crippen LogP contribution in [0.5, 0.6) is 0 Å². The number of halogens is 1. The van der Waals surface area contributed by atoms with Crippen LogP contribution in [-0.2, 0) is 0 Å². The highest BCUT2D eigenvalue weighted by atomic mass is 35.5. The smallest absolute Gasteiger partial charge is 0.281 e. The van der Waals surface area contributed by atoms with Crippen molar-refractivity contribution in [2.75, 3.05) is 0 Å². The number of amides is 1. The fourth-order valence-electron chi connectivity index (χ4n) is 2.46. The van der Waals surface area contributed by atoms with Gasteiger partial charge in [0.15, 0.2) is 4.80 Å². The zero-order valence-electron chi connectivity index (χ0n) is 12.3. The number of rotatable bonds is 2. The number of pyridine rings is 1. The Labute approximate surface area is 145 Å². The molecule has 0 saturated carbocycles. The number of hydrogen-bond acceptors (Lipinski definition) is 3. The third-order valence-electron chi connectivity index (χ3n) is 3.55. The van der Waals surface area contributed by atoms with Crippen molar-refractivity contribution < 1.29 is 4.79 Å². The number of H-pyrrole nitrogens is 1. The average molecular weight is 355 g/mol. The van der Waals surface area contributed by atoms with E-state index in [0.29, 0.717) is 21.0 Å². The van der Waals surface area contributed by atoms with E-state index in [1.165, 1.54) is 11.3 Å². The molecule has 3 aromatic heterocycles. The molecule has 7 heteroatoms. The molecule has 5 nitrogen and oxygen atoms in total. The molecule has 1 N–H and O–H groups in total. The number of aromatic amines is 1. The van der Waals surface area contributed by atoms with Gasteiger partial charge < -0.3 is 4.98 Å². The Bertz CT molecular complexity index is 1110. The highest BCUT2D eigenvalue weighted by Crippen LogP contribution is 2.17. The van der Waals surface area contributed by atoms with Gasteiger partial charge >= 0.3 is 0 Å². The Morgan fingerprint density at radius 3 is 3.08 bits per heavy atom. The number of benzene rings is 1. The van der Waals surface area contributed by atoms with Crippen LogP contribution in [0.15, 0.2) is 65.4 Å². The number of nitrogens with zero attached hydrogens (tertiary/aromatic N) is 3. The van der Waals surface area contributed by atoms with E-state index < -0.39 is 0 Å². The summed E-state index contributed by atoms with van der Waals surface area (Å²) in [6, 6.07) is 11.1. The number of aromatic nitrogens is 3. The van der Waals surface area contributed by atoms with Gasteiger partial charge in [-0.25, -0.2) is 4.98 Å². The zero-order valence-corrected chi connectivity index (χ0v) is 13.9. The molecule has 118 valence electrons. The van der Waals surface area contributed by atoms with Crippen LogP contribution in [0.4, 0.5) is 0 Å². The highest BCUT2D eigenvalue weighted by molar-refractivity contribution is 7.07. The minimum atomic E-state index is -0.313. The van der Waals surface area contributed by atoms with Crippen LogP contribution in [0, 0.1) is 0 Å². The maximum absolute atomic E-state index is 12.6. The largest absolute Gasteiger partial charge is 0.345 e. The van der Waals surface area contributed by atoms with E-state index in [9.17, 15) is 4.79 Å². The van der Waals surface area contributed by atoms with Gasteiger partial charge in [-0.1, -0.05) is 17.7 Å². The maximum atomic E-state index is 12.6. The Morgan fingerprint density at radius 2 is 2.21 bits per heavy atom. The van der Waals surface area contributed by atoms with Gasteiger partial charge in [-0.3, -0.25) is 9.36 Å². The predicted octanol–water partition coefficient (Wildman–Crippen LogP) is 3.81. The molecule has 0 spiro atoms. The molecule has 0 radical (unpaired) electrons. The molecule has 0 fully saturated rings. The Balaban J connectivity index is 1.80. The average Bonchev–Trinajstić information content (AvgIpc) is 3.21. The van der Waals surface area contributed by atoms with Crippen LogP contribution in [0.1, 0.15) is 10.4 Å². The van der Waals surface area contributed by atoms with E-state index in [2.05, 4.69) is 15.0 Å². The molecular formula is C17H11ClN4OS. The second kappa shape index (κ2) is 6.07. The monoisotopic (exact) mass is 354 g/mol. The van der Waals surface area contributed by atoms with Gasteiger partial charge in [0.05, 0.1) is 5.56 Å². The van der Waals surface area contributed by atoms with Crippen molar-refractivity contribution in [3.8, 4) is 5.69 Å². The van der Waals surface area contributed by atoms with Gasteiger partial charge in [-0.05, 0) is 30.3 Å². The second-order valence-electron chi connectivity index (χ2n) is 5.05. The SMILES string of the molecule is O=C(N=c1sccn1-c1cccc(Cl)c1)c1c[nH]c2ncccc12. The molecule has 0 atom stereocenters. The highest BCUT2D eigenvalue weighted by Gasteiger charge is 2.12. The minimum absolute atomic E-state index is 0.313. The normalized spacial score (nSPS) is 12.0. The maximum Gasteiger partial charge on any atom is 0.281 e. The van der Waals surface area contributed by atoms with Gasteiger partial charge in [-0.2, -0.15) is 4.99 Å². The van der Waals surface area contributed by atoms with Crippen molar-refractivity contribution in [2.45, 2.75) is 0 Å². The zero-order chi connectivity index (χ0) is 16.5. The molecule has 3 heterocycles. The second-order valence-corrected chi connectivity index (χ2v) is 6.36. The molecule has 0 aliphatic carbocycles. The number of carbonyl (C=O) groups excluding carboxylic acids is 1. The van der Waals surface area contributed by atoms with Crippen molar-refractivity contribution in [1.82, 2.24) is 14.5 Å². The number of nitrogens with one attached hydrogen (secondary N) is 1. The molecule has 1 amide bonds. The van der Waals surface area contributed by atoms with Crippen LogP contribution in [0.25, 0.3) is 16.7 Å². The molecular weight excluding hydrogens is 344 g/mol. The van der Waals surface area contributed by atoms with Gasteiger partial charge in [0.25, 0.3) is 5.91 Å². The third-order valence-corrected chi connectivity index (χ3v) is 4.55. The van der Waals surface area contributed by atoms with Crippen LogP contribution in [0.3, 0.4) is 0 Å². The third kappa shape index (κ3) is 2.66. The standard InChI is InChI=1S/C17H11ClN4OS/c18-11-3-1-4-12(9-11)22-7-8-24-17(22)21-16(23)14-10-20-15-13(14)5-2-6-19-15/h1-10H,(H,19,20). The van der Waals surface area contributed by atoms with Crippen molar-refractivity contribution >= 4 is 39.9 Å². The Kier molecular flexibility index (Phi) is 3.76. The van der Waals surface area contributed by atoms with Gasteiger partial charge in [0, 0.05) is 40.1 Å². The first-order valence-electron chi connectivity index (χ1n) is 7.15. The first-order chi connectivity index (χ1) is 11.7. The molecule has 0 aliphatic heterocycles. The fraction of sp³-hybridized carbons (Fsp3) is 0. The molecule has 4 aromatic rings. The number of thiazole rings is 1. The quantitative estimate of drug-likeness (QED) is 0.595. The van der Waals surface area contributed by atoms with E-state index in [1.54, 1.807) is 24.5 Å². The van der Waals surface area contributed by atoms with E-state index in [4.69, 9.17) is 11.6 Å². The summed E-state index contributed by atoms with van der Waals surface area (Å²) < 4.78 is 1.83. The van der Waals surface area contributed by atoms with Gasteiger partial charge in [-0.15, -0.1) is 11.3 Å². The minimum Gasteiger partial charge on any atom is -0.345 e. The van der Waals surface area contributed by atoms with Crippen LogP contribution < -0.4 is 4.80 Å². The number of carbonyl (C=O) groups is 1. The van der Waals surface area contributed by atoms with Crippen molar-refractivity contribution in [1.29, 1.82) is 0 Å². The summed E-state index contributed by atoms with van der Waals surface area (Å²) in [5, 5.41) is 3.27.